The van der Waals surface area contributed by atoms with Crippen molar-refractivity contribution in [2.75, 3.05) is 5.73 Å². The average Bonchev–Trinajstić information content (AvgIpc) is 2.59. The van der Waals surface area contributed by atoms with Gasteiger partial charge in [-0.1, -0.05) is 11.6 Å². The van der Waals surface area contributed by atoms with Crippen molar-refractivity contribution in [1.82, 2.24) is 9.78 Å². The number of carbonyl (C=O) groups is 1. The van der Waals surface area contributed by atoms with Crippen LogP contribution in [-0.4, -0.2) is 21.5 Å². The lowest BCUT2D eigenvalue weighted by Gasteiger charge is -2.18. The molecule has 0 unspecified atom stereocenters. The first kappa shape index (κ1) is 12.7. The van der Waals surface area contributed by atoms with E-state index in [0.717, 1.165) is 10.1 Å². The van der Waals surface area contributed by atoms with Crippen LogP contribution in [0.5, 0.6) is 0 Å². The Hall–Kier alpha value is -1.75. The number of halogens is 1. The summed E-state index contributed by atoms with van der Waals surface area (Å²) in [5, 5.41) is 5.25. The van der Waals surface area contributed by atoms with E-state index < -0.39 is 11.7 Å². The molecule has 0 aliphatic rings. The van der Waals surface area contributed by atoms with Crippen LogP contribution in [0, 0.1) is 0 Å². The van der Waals surface area contributed by atoms with Gasteiger partial charge in [-0.05, 0) is 32.9 Å². The molecular formula is C12H14ClN3O2. The summed E-state index contributed by atoms with van der Waals surface area (Å²) in [7, 11) is 0. The normalized spacial score (nSPS) is 11.8. The minimum Gasteiger partial charge on any atom is -0.442 e. The Bertz CT molecular complexity index is 575. The third-order valence-corrected chi connectivity index (χ3v) is 2.53. The van der Waals surface area contributed by atoms with Gasteiger partial charge in [0.25, 0.3) is 0 Å². The summed E-state index contributed by atoms with van der Waals surface area (Å²) in [6, 6.07) is 3.29. The third-order valence-electron chi connectivity index (χ3n) is 2.20. The summed E-state index contributed by atoms with van der Waals surface area (Å²) in [4.78, 5) is 11.8. The van der Waals surface area contributed by atoms with E-state index in [-0.39, 0.29) is 0 Å². The summed E-state index contributed by atoms with van der Waals surface area (Å²) >= 11 is 5.89. The molecule has 0 radical (unpaired) electrons. The molecule has 1 aromatic heterocycles. The molecule has 2 rings (SSSR count). The van der Waals surface area contributed by atoms with E-state index >= 15 is 0 Å². The van der Waals surface area contributed by atoms with Gasteiger partial charge in [0.2, 0.25) is 0 Å². The molecule has 0 amide bonds. The van der Waals surface area contributed by atoms with Gasteiger partial charge < -0.3 is 10.5 Å². The predicted molar refractivity (Wildman–Crippen MR) is 70.8 cm³/mol. The first-order valence-electron chi connectivity index (χ1n) is 5.44. The number of rotatable bonds is 0. The number of nitrogen functional groups attached to an aromatic ring is 1. The highest BCUT2D eigenvalue weighted by Crippen LogP contribution is 2.25. The van der Waals surface area contributed by atoms with Crippen LogP contribution < -0.4 is 5.73 Å². The summed E-state index contributed by atoms with van der Waals surface area (Å²) in [5.74, 6) is 0. The van der Waals surface area contributed by atoms with Gasteiger partial charge in [0, 0.05) is 11.6 Å². The summed E-state index contributed by atoms with van der Waals surface area (Å²) in [6.07, 6.45) is 1.03. The molecule has 0 bridgehead atoms. The number of carbonyl (C=O) groups excluding carboxylic acids is 1. The maximum atomic E-state index is 11.8. The van der Waals surface area contributed by atoms with Crippen LogP contribution >= 0.6 is 11.6 Å². The molecule has 2 aromatic rings. The zero-order chi connectivity index (χ0) is 13.5. The van der Waals surface area contributed by atoms with E-state index in [0.29, 0.717) is 16.2 Å². The quantitative estimate of drug-likeness (QED) is 0.745. The van der Waals surface area contributed by atoms with Gasteiger partial charge >= 0.3 is 6.09 Å². The summed E-state index contributed by atoms with van der Waals surface area (Å²) in [5.41, 5.74) is 6.17. The van der Waals surface area contributed by atoms with E-state index in [1.54, 1.807) is 39.1 Å². The summed E-state index contributed by atoms with van der Waals surface area (Å²) < 4.78 is 6.36. The number of nitrogens with two attached hydrogens (primary N) is 1. The molecule has 96 valence electrons. The van der Waals surface area contributed by atoms with Crippen molar-refractivity contribution in [3.8, 4) is 0 Å². The lowest BCUT2D eigenvalue weighted by molar-refractivity contribution is 0.0516. The number of hydrogen-bond acceptors (Lipinski definition) is 4. The molecule has 2 N–H and O–H groups in total. The van der Waals surface area contributed by atoms with Gasteiger partial charge in [-0.2, -0.15) is 9.78 Å². The Kier molecular flexibility index (Phi) is 2.94. The molecule has 6 heteroatoms. The highest BCUT2D eigenvalue weighted by molar-refractivity contribution is 6.33. The summed E-state index contributed by atoms with van der Waals surface area (Å²) in [6.45, 7) is 5.38. The number of benzene rings is 1. The van der Waals surface area contributed by atoms with Crippen LogP contribution in [0.2, 0.25) is 5.02 Å². The minimum atomic E-state index is -0.564. The standard InChI is InChI=1S/C12H14ClN3O2/c1-12(2,3)18-11(17)16-6-7-4-9(14)8(13)5-10(7)15-16/h4-6H,14H2,1-3H3. The second-order valence-corrected chi connectivity index (χ2v) is 5.39. The number of aromatic nitrogens is 2. The maximum absolute atomic E-state index is 11.8. The van der Waals surface area contributed by atoms with E-state index in [4.69, 9.17) is 22.1 Å². The van der Waals surface area contributed by atoms with Crippen LogP contribution in [0.3, 0.4) is 0 Å². The molecule has 18 heavy (non-hydrogen) atoms. The van der Waals surface area contributed by atoms with Gasteiger partial charge in [0.05, 0.1) is 16.2 Å². The molecule has 1 aromatic carbocycles. The number of hydrogen-bond donors (Lipinski definition) is 1. The fraction of sp³-hybridized carbons (Fsp3) is 0.333. The van der Waals surface area contributed by atoms with Crippen LogP contribution in [-0.2, 0) is 4.74 Å². The van der Waals surface area contributed by atoms with Crippen LogP contribution in [0.25, 0.3) is 10.9 Å². The fourth-order valence-corrected chi connectivity index (χ4v) is 1.62. The zero-order valence-corrected chi connectivity index (χ0v) is 11.2. The molecule has 0 spiro atoms. The lowest BCUT2D eigenvalue weighted by atomic mass is 10.2. The second-order valence-electron chi connectivity index (χ2n) is 4.99. The molecule has 0 saturated carbocycles. The molecular weight excluding hydrogens is 254 g/mol. The molecule has 0 saturated heterocycles. The van der Waals surface area contributed by atoms with Crippen LogP contribution in [0.4, 0.5) is 10.5 Å². The number of nitrogens with zero attached hydrogens (tertiary/aromatic N) is 2. The van der Waals surface area contributed by atoms with Crippen molar-refractivity contribution in [3.05, 3.63) is 23.4 Å². The topological polar surface area (TPSA) is 70.1 Å². The van der Waals surface area contributed by atoms with Crippen molar-refractivity contribution < 1.29 is 9.53 Å². The van der Waals surface area contributed by atoms with Crippen molar-refractivity contribution in [2.45, 2.75) is 26.4 Å². The Labute approximate surface area is 109 Å². The van der Waals surface area contributed by atoms with Crippen molar-refractivity contribution >= 4 is 34.3 Å². The Morgan fingerprint density at radius 2 is 2.11 bits per heavy atom. The highest BCUT2D eigenvalue weighted by atomic mass is 35.5. The predicted octanol–water partition coefficient (Wildman–Crippen LogP) is 3.06. The first-order valence-corrected chi connectivity index (χ1v) is 5.82. The van der Waals surface area contributed by atoms with Crippen molar-refractivity contribution in [1.29, 1.82) is 0 Å². The smallest absolute Gasteiger partial charge is 0.435 e. The fourth-order valence-electron chi connectivity index (χ4n) is 1.47. The molecule has 0 fully saturated rings. The van der Waals surface area contributed by atoms with Crippen LogP contribution in [0.15, 0.2) is 18.3 Å². The number of ether oxygens (including phenoxy) is 1. The molecule has 1 heterocycles. The SMILES string of the molecule is CC(C)(C)OC(=O)n1cc2cc(N)c(Cl)cc2n1. The molecule has 0 aliphatic heterocycles. The van der Waals surface area contributed by atoms with Crippen LogP contribution in [0.1, 0.15) is 20.8 Å². The Morgan fingerprint density at radius 1 is 1.44 bits per heavy atom. The molecule has 5 nitrogen and oxygen atoms in total. The maximum Gasteiger partial charge on any atom is 0.435 e. The van der Waals surface area contributed by atoms with Gasteiger partial charge in [-0.25, -0.2) is 4.79 Å². The van der Waals surface area contributed by atoms with Crippen molar-refractivity contribution in [3.63, 3.8) is 0 Å². The Morgan fingerprint density at radius 3 is 2.72 bits per heavy atom. The van der Waals surface area contributed by atoms with Gasteiger partial charge in [-0.3, -0.25) is 0 Å². The zero-order valence-electron chi connectivity index (χ0n) is 10.4. The lowest BCUT2D eigenvalue weighted by Crippen LogP contribution is -2.27. The number of anilines is 1. The largest absolute Gasteiger partial charge is 0.442 e. The monoisotopic (exact) mass is 267 g/mol. The van der Waals surface area contributed by atoms with E-state index in [1.807, 2.05) is 0 Å². The molecule has 0 atom stereocenters. The van der Waals surface area contributed by atoms with E-state index in [2.05, 4.69) is 5.10 Å². The second kappa shape index (κ2) is 4.17. The first-order chi connectivity index (χ1) is 8.26. The molecule has 0 aliphatic carbocycles. The van der Waals surface area contributed by atoms with E-state index in [9.17, 15) is 4.79 Å². The third kappa shape index (κ3) is 2.56. The highest BCUT2D eigenvalue weighted by Gasteiger charge is 2.19. The van der Waals surface area contributed by atoms with Gasteiger partial charge in [-0.15, -0.1) is 0 Å². The van der Waals surface area contributed by atoms with Gasteiger partial charge in [0.15, 0.2) is 0 Å². The Balaban J connectivity index is 2.39. The average molecular weight is 268 g/mol. The van der Waals surface area contributed by atoms with Gasteiger partial charge in [0.1, 0.15) is 5.60 Å². The van der Waals surface area contributed by atoms with E-state index in [1.165, 1.54) is 0 Å². The minimum absolute atomic E-state index is 0.414. The van der Waals surface area contributed by atoms with Crippen molar-refractivity contribution in [2.24, 2.45) is 0 Å². The number of fused-ring (bicyclic) bond motifs is 1.